The molecular weight excluding hydrogens is 252 g/mol. The molecule has 2 bridgehead atoms. The fraction of sp³-hybridized carbons (Fsp3) is 0.500. The van der Waals surface area contributed by atoms with E-state index in [0.29, 0.717) is 12.2 Å². The van der Waals surface area contributed by atoms with Gasteiger partial charge in [0.1, 0.15) is 5.75 Å². The average Bonchev–Trinajstić information content (AvgIpc) is 2.85. The Labute approximate surface area is 110 Å². The number of hydrogen-bond acceptors (Lipinski definition) is 2. The minimum Gasteiger partial charge on any atom is -0.497 e. The zero-order valence-corrected chi connectivity index (χ0v) is 10.6. The number of hydrogen-bond donors (Lipinski definition) is 0. The number of ether oxygens (including phenoxy) is 1. The Morgan fingerprint density at radius 2 is 2.05 bits per heavy atom. The highest BCUT2D eigenvalue weighted by Gasteiger charge is 2.60. The Morgan fingerprint density at radius 3 is 2.63 bits per heavy atom. The van der Waals surface area contributed by atoms with Crippen molar-refractivity contribution in [2.45, 2.75) is 31.4 Å². The van der Waals surface area contributed by atoms with Gasteiger partial charge in [-0.1, -0.05) is 12.1 Å². The minimum absolute atomic E-state index is 0.133. The van der Waals surface area contributed by atoms with E-state index >= 15 is 0 Å². The summed E-state index contributed by atoms with van der Waals surface area (Å²) in [6, 6.07) is 6.22. The Kier molecular flexibility index (Phi) is 2.73. The summed E-state index contributed by atoms with van der Waals surface area (Å²) in [7, 11) is 1.57. The highest BCUT2D eigenvalue weighted by molar-refractivity contribution is 5.83. The van der Waals surface area contributed by atoms with Gasteiger partial charge >= 0.3 is 0 Å². The monoisotopic (exact) mass is 267 g/mol. The van der Waals surface area contributed by atoms with E-state index < -0.39 is 17.9 Å². The largest absolute Gasteiger partial charge is 0.497 e. The number of halogens is 2. The number of fused-ring (bicyclic) bond motifs is 2. The highest BCUT2D eigenvalue weighted by Crippen LogP contribution is 2.48. The van der Waals surface area contributed by atoms with Gasteiger partial charge in [0, 0.05) is 18.9 Å². The van der Waals surface area contributed by atoms with Crippen LogP contribution in [0.5, 0.6) is 5.75 Å². The molecule has 3 rings (SSSR count). The molecule has 2 fully saturated rings. The number of carbonyl (C=O) groups excluding carboxylic acids is 1. The van der Waals surface area contributed by atoms with Crippen molar-refractivity contribution in [3.63, 3.8) is 0 Å². The Hall–Kier alpha value is -1.65. The second-order valence-corrected chi connectivity index (χ2v) is 5.23. The van der Waals surface area contributed by atoms with Gasteiger partial charge in [-0.05, 0) is 24.1 Å². The molecule has 1 saturated heterocycles. The molecule has 1 aromatic rings. The molecule has 0 spiro atoms. The molecule has 0 N–H and O–H groups in total. The molecular formula is C14H15F2NO2. The number of methoxy groups -OCH3 is 1. The van der Waals surface area contributed by atoms with Crippen LogP contribution in [0.15, 0.2) is 24.3 Å². The molecule has 102 valence electrons. The van der Waals surface area contributed by atoms with Crippen molar-refractivity contribution in [3.05, 3.63) is 29.8 Å². The van der Waals surface area contributed by atoms with Crippen molar-refractivity contribution in [1.29, 1.82) is 0 Å². The number of benzene rings is 1. The molecule has 19 heavy (non-hydrogen) atoms. The summed E-state index contributed by atoms with van der Waals surface area (Å²) in [5.74, 6) is -2.64. The normalized spacial score (nSPS) is 27.9. The molecule has 3 nitrogen and oxygen atoms in total. The maximum atomic E-state index is 13.7. The third-order valence-corrected chi connectivity index (χ3v) is 4.03. The van der Waals surface area contributed by atoms with Crippen LogP contribution in [0.2, 0.25) is 0 Å². The predicted molar refractivity (Wildman–Crippen MR) is 65.0 cm³/mol. The summed E-state index contributed by atoms with van der Waals surface area (Å²) in [6.07, 6.45) is 0.0115. The molecule has 2 aliphatic rings. The van der Waals surface area contributed by atoms with Crippen molar-refractivity contribution < 1.29 is 18.3 Å². The van der Waals surface area contributed by atoms with Crippen LogP contribution in [0.3, 0.4) is 0 Å². The lowest BCUT2D eigenvalue weighted by Crippen LogP contribution is -2.47. The Morgan fingerprint density at radius 1 is 1.37 bits per heavy atom. The maximum absolute atomic E-state index is 13.7. The number of rotatable bonds is 3. The fourth-order valence-electron chi connectivity index (χ4n) is 3.04. The van der Waals surface area contributed by atoms with Gasteiger partial charge in [0.25, 0.3) is 5.92 Å². The lowest BCUT2D eigenvalue weighted by atomic mass is 10.1. The standard InChI is InChI=1S/C14H15F2NO2/c1-19-11-4-2-9(3-5-11)8-17-12-6-10(13(17)18)7-14(12,15)16/h2-5,10,12H,6-8H2,1H3. The van der Waals surface area contributed by atoms with Crippen molar-refractivity contribution in [2.75, 3.05) is 7.11 Å². The van der Waals surface area contributed by atoms with E-state index in [4.69, 9.17) is 4.74 Å². The van der Waals surface area contributed by atoms with Crippen molar-refractivity contribution in [2.24, 2.45) is 5.92 Å². The van der Waals surface area contributed by atoms with E-state index in [0.717, 1.165) is 5.56 Å². The fourth-order valence-corrected chi connectivity index (χ4v) is 3.04. The summed E-state index contributed by atoms with van der Waals surface area (Å²) >= 11 is 0. The molecule has 2 atom stereocenters. The van der Waals surface area contributed by atoms with Crippen LogP contribution in [0.1, 0.15) is 18.4 Å². The molecule has 0 radical (unpaired) electrons. The average molecular weight is 267 g/mol. The van der Waals surface area contributed by atoms with Crippen LogP contribution in [0, 0.1) is 5.92 Å². The first kappa shape index (κ1) is 12.4. The van der Waals surface area contributed by atoms with E-state index in [1.54, 1.807) is 31.4 Å². The van der Waals surface area contributed by atoms with E-state index in [1.807, 2.05) is 0 Å². The summed E-state index contributed by atoms with van der Waals surface area (Å²) in [5.41, 5.74) is 0.845. The molecule has 1 amide bonds. The molecule has 1 saturated carbocycles. The second-order valence-electron chi connectivity index (χ2n) is 5.23. The van der Waals surface area contributed by atoms with Crippen molar-refractivity contribution in [3.8, 4) is 5.75 Å². The van der Waals surface area contributed by atoms with Gasteiger partial charge < -0.3 is 9.64 Å². The van der Waals surface area contributed by atoms with E-state index in [9.17, 15) is 13.6 Å². The lowest BCUT2D eigenvalue weighted by Gasteiger charge is -2.33. The third kappa shape index (κ3) is 1.97. The highest BCUT2D eigenvalue weighted by atomic mass is 19.3. The number of amides is 1. The number of nitrogens with zero attached hydrogens (tertiary/aromatic N) is 1. The second kappa shape index (κ2) is 4.18. The van der Waals surface area contributed by atoms with Gasteiger partial charge in [-0.25, -0.2) is 8.78 Å². The molecule has 1 heterocycles. The van der Waals surface area contributed by atoms with Gasteiger partial charge in [0.15, 0.2) is 0 Å². The SMILES string of the molecule is COc1ccc(CN2C(=O)C3CC2C(F)(F)C3)cc1. The zero-order chi connectivity index (χ0) is 13.6. The van der Waals surface area contributed by atoms with Crippen molar-refractivity contribution in [1.82, 2.24) is 4.90 Å². The molecule has 1 aromatic carbocycles. The first-order valence-electron chi connectivity index (χ1n) is 6.32. The minimum atomic E-state index is -2.73. The van der Waals surface area contributed by atoms with Gasteiger partial charge in [-0.15, -0.1) is 0 Å². The quantitative estimate of drug-likeness (QED) is 0.842. The predicted octanol–water partition coefficient (Wildman–Crippen LogP) is 2.45. The van der Waals surface area contributed by atoms with Crippen LogP contribution in [-0.4, -0.2) is 29.9 Å². The number of piperidine rings is 1. The Bertz CT molecular complexity index is 501. The lowest BCUT2D eigenvalue weighted by molar-refractivity contribution is -0.149. The number of alkyl halides is 2. The van der Waals surface area contributed by atoms with Crippen LogP contribution in [0.25, 0.3) is 0 Å². The van der Waals surface area contributed by atoms with Crippen LogP contribution in [-0.2, 0) is 11.3 Å². The molecule has 1 aliphatic heterocycles. The maximum Gasteiger partial charge on any atom is 0.268 e. The number of likely N-dealkylation sites (tertiary alicyclic amines) is 1. The molecule has 5 heteroatoms. The first-order chi connectivity index (χ1) is 9.01. The van der Waals surface area contributed by atoms with Gasteiger partial charge in [0.05, 0.1) is 13.2 Å². The van der Waals surface area contributed by atoms with Gasteiger partial charge in [0.2, 0.25) is 5.91 Å². The van der Waals surface area contributed by atoms with Crippen LogP contribution in [0.4, 0.5) is 8.78 Å². The van der Waals surface area contributed by atoms with Crippen LogP contribution >= 0.6 is 0 Å². The van der Waals surface area contributed by atoms with Crippen molar-refractivity contribution >= 4 is 5.91 Å². The van der Waals surface area contributed by atoms with E-state index in [1.165, 1.54) is 4.90 Å². The summed E-state index contributed by atoms with van der Waals surface area (Å²) in [5, 5.41) is 0. The third-order valence-electron chi connectivity index (χ3n) is 4.03. The van der Waals surface area contributed by atoms with E-state index in [-0.39, 0.29) is 18.9 Å². The molecule has 2 unspecified atom stereocenters. The molecule has 0 aromatic heterocycles. The van der Waals surface area contributed by atoms with Gasteiger partial charge in [-0.3, -0.25) is 4.79 Å². The Balaban J connectivity index is 1.77. The zero-order valence-electron chi connectivity index (χ0n) is 10.6. The van der Waals surface area contributed by atoms with E-state index in [2.05, 4.69) is 0 Å². The summed E-state index contributed by atoms with van der Waals surface area (Å²) in [4.78, 5) is 13.3. The smallest absolute Gasteiger partial charge is 0.268 e. The summed E-state index contributed by atoms with van der Waals surface area (Å²) < 4.78 is 32.4. The topological polar surface area (TPSA) is 29.5 Å². The molecule has 1 aliphatic carbocycles. The first-order valence-corrected chi connectivity index (χ1v) is 6.32. The van der Waals surface area contributed by atoms with Crippen LogP contribution < -0.4 is 4.74 Å². The number of carbonyl (C=O) groups is 1. The summed E-state index contributed by atoms with van der Waals surface area (Å²) in [6.45, 7) is 0.250. The van der Waals surface area contributed by atoms with Gasteiger partial charge in [-0.2, -0.15) is 0 Å².